The number of halogens is 2. The Bertz CT molecular complexity index is 484. The van der Waals surface area contributed by atoms with Crippen molar-refractivity contribution in [2.24, 2.45) is 5.10 Å². The predicted octanol–water partition coefficient (Wildman–Crippen LogP) is 2.11. The third kappa shape index (κ3) is 5.35. The molecule has 0 aliphatic carbocycles. The normalized spacial score (nSPS) is 10.7. The number of methoxy groups -OCH3 is 1. The highest BCUT2D eigenvalue weighted by atomic mass is 32.1. The van der Waals surface area contributed by atoms with Gasteiger partial charge in [-0.3, -0.25) is 5.43 Å². The lowest BCUT2D eigenvalue weighted by Gasteiger charge is -2.10. The molecule has 0 aliphatic heterocycles. The van der Waals surface area contributed by atoms with Gasteiger partial charge in [-0.1, -0.05) is 0 Å². The Morgan fingerprint density at radius 1 is 1.45 bits per heavy atom. The van der Waals surface area contributed by atoms with Crippen molar-refractivity contribution < 1.29 is 18.3 Å². The van der Waals surface area contributed by atoms with Crippen LogP contribution in [0.5, 0.6) is 11.5 Å². The summed E-state index contributed by atoms with van der Waals surface area (Å²) < 4.78 is 33.6. The number of hydrazone groups is 1. The number of rotatable bonds is 6. The topological polar surface area (TPSA) is 54.9 Å². The van der Waals surface area contributed by atoms with Gasteiger partial charge < -0.3 is 14.8 Å². The molecule has 0 bridgehead atoms. The molecule has 0 amide bonds. The quantitative estimate of drug-likeness (QED) is 0.479. The number of nitrogens with one attached hydrogen (secondary N) is 2. The molecule has 0 spiro atoms. The smallest absolute Gasteiger partial charge is 0.387 e. The Morgan fingerprint density at radius 3 is 2.80 bits per heavy atom. The van der Waals surface area contributed by atoms with Crippen LogP contribution in [-0.4, -0.2) is 31.6 Å². The van der Waals surface area contributed by atoms with Crippen molar-refractivity contribution in [3.05, 3.63) is 23.8 Å². The van der Waals surface area contributed by atoms with Crippen molar-refractivity contribution in [1.82, 2.24) is 10.7 Å². The second kappa shape index (κ2) is 8.26. The maximum absolute atomic E-state index is 12.2. The van der Waals surface area contributed by atoms with Crippen LogP contribution in [0.3, 0.4) is 0 Å². The van der Waals surface area contributed by atoms with Crippen LogP contribution in [0, 0.1) is 0 Å². The first-order valence-electron chi connectivity index (χ1n) is 5.76. The summed E-state index contributed by atoms with van der Waals surface area (Å²) in [5.41, 5.74) is 3.26. The van der Waals surface area contributed by atoms with Gasteiger partial charge in [-0.15, -0.1) is 0 Å². The van der Waals surface area contributed by atoms with Crippen LogP contribution in [0.25, 0.3) is 0 Å². The summed E-state index contributed by atoms with van der Waals surface area (Å²) in [5, 5.41) is 7.16. The Balaban J connectivity index is 2.72. The molecule has 0 heterocycles. The first kappa shape index (κ1) is 16.1. The SMILES string of the molecule is CCNC(=S)N/N=C\c1ccc(OC(F)F)c(OC)c1. The van der Waals surface area contributed by atoms with E-state index in [0.717, 1.165) is 0 Å². The van der Waals surface area contributed by atoms with Crippen LogP contribution in [0.2, 0.25) is 0 Å². The van der Waals surface area contributed by atoms with E-state index in [1.807, 2.05) is 6.92 Å². The van der Waals surface area contributed by atoms with E-state index in [2.05, 4.69) is 20.6 Å². The Kier molecular flexibility index (Phi) is 6.65. The summed E-state index contributed by atoms with van der Waals surface area (Å²) in [4.78, 5) is 0. The zero-order chi connectivity index (χ0) is 15.0. The van der Waals surface area contributed by atoms with Gasteiger partial charge >= 0.3 is 6.61 Å². The highest BCUT2D eigenvalue weighted by Gasteiger charge is 2.10. The number of nitrogens with zero attached hydrogens (tertiary/aromatic N) is 1. The fourth-order valence-corrected chi connectivity index (χ4v) is 1.52. The predicted molar refractivity (Wildman–Crippen MR) is 76.6 cm³/mol. The summed E-state index contributed by atoms with van der Waals surface area (Å²) >= 11 is 4.92. The molecular weight excluding hydrogens is 288 g/mol. The van der Waals surface area contributed by atoms with Gasteiger partial charge in [0.05, 0.1) is 13.3 Å². The number of benzene rings is 1. The highest BCUT2D eigenvalue weighted by Crippen LogP contribution is 2.28. The molecule has 2 N–H and O–H groups in total. The molecule has 0 unspecified atom stereocenters. The van der Waals surface area contributed by atoms with Crippen molar-refractivity contribution >= 4 is 23.5 Å². The molecule has 8 heteroatoms. The molecule has 0 radical (unpaired) electrons. The zero-order valence-electron chi connectivity index (χ0n) is 11.0. The third-order valence-electron chi connectivity index (χ3n) is 2.12. The maximum atomic E-state index is 12.2. The Morgan fingerprint density at radius 2 is 2.20 bits per heavy atom. The summed E-state index contributed by atoms with van der Waals surface area (Å²) in [6.07, 6.45) is 1.48. The van der Waals surface area contributed by atoms with Crippen molar-refractivity contribution in [3.8, 4) is 11.5 Å². The van der Waals surface area contributed by atoms with E-state index in [-0.39, 0.29) is 11.5 Å². The number of thiocarbonyl (C=S) groups is 1. The van der Waals surface area contributed by atoms with Crippen LogP contribution in [0.15, 0.2) is 23.3 Å². The fourth-order valence-electron chi connectivity index (χ4n) is 1.32. The Hall–Kier alpha value is -1.96. The van der Waals surface area contributed by atoms with E-state index in [1.165, 1.54) is 25.5 Å². The van der Waals surface area contributed by atoms with E-state index in [0.29, 0.717) is 17.2 Å². The minimum atomic E-state index is -2.90. The Labute approximate surface area is 121 Å². The molecule has 0 fully saturated rings. The van der Waals surface area contributed by atoms with Gasteiger partial charge in [-0.2, -0.15) is 13.9 Å². The van der Waals surface area contributed by atoms with Crippen LogP contribution in [0.1, 0.15) is 12.5 Å². The molecule has 5 nitrogen and oxygen atoms in total. The van der Waals surface area contributed by atoms with E-state index < -0.39 is 6.61 Å². The summed E-state index contributed by atoms with van der Waals surface area (Å²) in [7, 11) is 1.37. The summed E-state index contributed by atoms with van der Waals surface area (Å²) in [6.45, 7) is -0.304. The van der Waals surface area contributed by atoms with Crippen LogP contribution >= 0.6 is 12.2 Å². The van der Waals surface area contributed by atoms with E-state index >= 15 is 0 Å². The van der Waals surface area contributed by atoms with Crippen molar-refractivity contribution in [2.45, 2.75) is 13.5 Å². The molecule has 0 saturated carbocycles. The van der Waals surface area contributed by atoms with Gasteiger partial charge in [-0.25, -0.2) is 0 Å². The minimum Gasteiger partial charge on any atom is -0.493 e. The van der Waals surface area contributed by atoms with Crippen molar-refractivity contribution in [1.29, 1.82) is 0 Å². The average Bonchev–Trinajstić information content (AvgIpc) is 2.40. The van der Waals surface area contributed by atoms with Crippen LogP contribution < -0.4 is 20.2 Å². The number of hydrogen-bond acceptors (Lipinski definition) is 4. The second-order valence-electron chi connectivity index (χ2n) is 3.52. The molecule has 1 rings (SSSR count). The van der Waals surface area contributed by atoms with Gasteiger partial charge in [0.2, 0.25) is 0 Å². The molecule has 110 valence electrons. The molecule has 0 saturated heterocycles. The van der Waals surface area contributed by atoms with Crippen molar-refractivity contribution in [3.63, 3.8) is 0 Å². The first-order valence-corrected chi connectivity index (χ1v) is 6.17. The first-order chi connectivity index (χ1) is 9.56. The monoisotopic (exact) mass is 303 g/mol. The second-order valence-corrected chi connectivity index (χ2v) is 3.93. The standard InChI is InChI=1S/C12H15F2N3O2S/c1-3-15-12(20)17-16-7-8-4-5-9(19-11(13)14)10(6-8)18-2/h4-7,11H,3H2,1-2H3,(H2,15,17,20)/b16-7-. The lowest BCUT2D eigenvalue weighted by Crippen LogP contribution is -2.31. The molecule has 1 aromatic carbocycles. The zero-order valence-corrected chi connectivity index (χ0v) is 11.8. The number of ether oxygens (including phenoxy) is 2. The minimum absolute atomic E-state index is 0.0317. The molecule has 0 atom stereocenters. The average molecular weight is 303 g/mol. The molecule has 0 aromatic heterocycles. The third-order valence-corrected chi connectivity index (χ3v) is 2.36. The van der Waals surface area contributed by atoms with Gasteiger partial charge in [0.1, 0.15) is 0 Å². The number of hydrogen-bond donors (Lipinski definition) is 2. The largest absolute Gasteiger partial charge is 0.493 e. The molecule has 0 aliphatic rings. The molecule has 1 aromatic rings. The van der Waals surface area contributed by atoms with Gasteiger partial charge in [0, 0.05) is 6.54 Å². The maximum Gasteiger partial charge on any atom is 0.387 e. The van der Waals surface area contributed by atoms with Gasteiger partial charge in [0.25, 0.3) is 0 Å². The van der Waals surface area contributed by atoms with E-state index in [1.54, 1.807) is 6.07 Å². The van der Waals surface area contributed by atoms with E-state index in [9.17, 15) is 8.78 Å². The van der Waals surface area contributed by atoms with Crippen LogP contribution in [-0.2, 0) is 0 Å². The summed E-state index contributed by atoms with van der Waals surface area (Å²) in [5.74, 6) is 0.166. The van der Waals surface area contributed by atoms with Gasteiger partial charge in [0.15, 0.2) is 16.6 Å². The van der Waals surface area contributed by atoms with Gasteiger partial charge in [-0.05, 0) is 42.9 Å². The highest BCUT2D eigenvalue weighted by molar-refractivity contribution is 7.80. The van der Waals surface area contributed by atoms with E-state index in [4.69, 9.17) is 17.0 Å². The number of alkyl halides is 2. The fraction of sp³-hybridized carbons (Fsp3) is 0.333. The summed E-state index contributed by atoms with van der Waals surface area (Å²) in [6, 6.07) is 4.48. The van der Waals surface area contributed by atoms with Crippen molar-refractivity contribution in [2.75, 3.05) is 13.7 Å². The molecular formula is C12H15F2N3O2S. The lowest BCUT2D eigenvalue weighted by atomic mass is 10.2. The molecule has 20 heavy (non-hydrogen) atoms. The van der Waals surface area contributed by atoms with Crippen LogP contribution in [0.4, 0.5) is 8.78 Å². The lowest BCUT2D eigenvalue weighted by molar-refractivity contribution is -0.0512.